The number of rotatable bonds is 5. The summed E-state index contributed by atoms with van der Waals surface area (Å²) in [5.74, 6) is -0.385. The SMILES string of the molecule is CSc1ccc(C(=O)NC(C#N)c2ccc(S(N)(=O)=O)cc2)cc1. The van der Waals surface area contributed by atoms with Crippen LogP contribution in [0.15, 0.2) is 58.3 Å². The van der Waals surface area contributed by atoms with Crippen molar-refractivity contribution in [2.75, 3.05) is 6.26 Å². The van der Waals surface area contributed by atoms with Gasteiger partial charge in [-0.15, -0.1) is 11.8 Å². The monoisotopic (exact) mass is 361 g/mol. The maximum Gasteiger partial charge on any atom is 0.252 e. The number of benzene rings is 2. The van der Waals surface area contributed by atoms with Gasteiger partial charge in [0.25, 0.3) is 5.91 Å². The van der Waals surface area contributed by atoms with E-state index in [0.29, 0.717) is 11.1 Å². The minimum Gasteiger partial charge on any atom is -0.333 e. The van der Waals surface area contributed by atoms with E-state index >= 15 is 0 Å². The fourth-order valence-electron chi connectivity index (χ4n) is 2.00. The van der Waals surface area contributed by atoms with Gasteiger partial charge >= 0.3 is 0 Å². The first-order valence-electron chi connectivity index (χ1n) is 6.82. The van der Waals surface area contributed by atoms with Gasteiger partial charge in [0.1, 0.15) is 6.04 Å². The normalized spacial score (nSPS) is 12.2. The molecule has 0 aliphatic carbocycles. The maximum absolute atomic E-state index is 12.2. The molecule has 3 N–H and O–H groups in total. The molecule has 0 aliphatic heterocycles. The van der Waals surface area contributed by atoms with Crippen LogP contribution in [0.3, 0.4) is 0 Å². The summed E-state index contributed by atoms with van der Waals surface area (Å²) < 4.78 is 22.5. The van der Waals surface area contributed by atoms with E-state index in [4.69, 9.17) is 5.14 Å². The lowest BCUT2D eigenvalue weighted by Gasteiger charge is -2.12. The number of carbonyl (C=O) groups is 1. The van der Waals surface area contributed by atoms with E-state index < -0.39 is 16.1 Å². The smallest absolute Gasteiger partial charge is 0.252 e. The number of thioether (sulfide) groups is 1. The molecular formula is C16H15N3O3S2. The Morgan fingerprint density at radius 1 is 1.17 bits per heavy atom. The molecule has 1 atom stereocenters. The van der Waals surface area contributed by atoms with Crippen LogP contribution in [0.5, 0.6) is 0 Å². The Hall–Kier alpha value is -2.34. The van der Waals surface area contributed by atoms with Gasteiger partial charge in [-0.05, 0) is 48.2 Å². The van der Waals surface area contributed by atoms with Crippen LogP contribution in [0.25, 0.3) is 0 Å². The molecule has 0 saturated heterocycles. The fourth-order valence-corrected chi connectivity index (χ4v) is 2.92. The molecular weight excluding hydrogens is 346 g/mol. The molecule has 0 fully saturated rings. The Bertz CT molecular complexity index is 870. The lowest BCUT2D eigenvalue weighted by molar-refractivity contribution is 0.0945. The summed E-state index contributed by atoms with van der Waals surface area (Å²) in [7, 11) is -3.80. The number of nitriles is 1. The van der Waals surface area contributed by atoms with Crippen LogP contribution in [-0.4, -0.2) is 20.6 Å². The van der Waals surface area contributed by atoms with E-state index in [0.717, 1.165) is 4.90 Å². The van der Waals surface area contributed by atoms with Gasteiger partial charge in [-0.25, -0.2) is 13.6 Å². The van der Waals surface area contributed by atoms with Crippen LogP contribution >= 0.6 is 11.8 Å². The Morgan fingerprint density at radius 2 is 1.75 bits per heavy atom. The molecule has 1 unspecified atom stereocenters. The van der Waals surface area contributed by atoms with Gasteiger partial charge in [-0.2, -0.15) is 5.26 Å². The minimum absolute atomic E-state index is 0.0538. The predicted molar refractivity (Wildman–Crippen MR) is 91.9 cm³/mol. The molecule has 24 heavy (non-hydrogen) atoms. The number of carbonyl (C=O) groups excluding carboxylic acids is 1. The third-order valence-corrected chi connectivity index (χ3v) is 4.97. The van der Waals surface area contributed by atoms with E-state index in [2.05, 4.69) is 5.32 Å². The molecule has 0 spiro atoms. The highest BCUT2D eigenvalue weighted by atomic mass is 32.2. The second kappa shape index (κ2) is 7.49. The van der Waals surface area contributed by atoms with E-state index in [9.17, 15) is 18.5 Å². The van der Waals surface area contributed by atoms with Crippen molar-refractivity contribution < 1.29 is 13.2 Å². The van der Waals surface area contributed by atoms with Crippen LogP contribution in [0.2, 0.25) is 0 Å². The zero-order valence-corrected chi connectivity index (χ0v) is 14.4. The summed E-state index contributed by atoms with van der Waals surface area (Å²) in [5.41, 5.74) is 0.910. The van der Waals surface area contributed by atoms with Gasteiger partial charge in [-0.1, -0.05) is 12.1 Å². The van der Waals surface area contributed by atoms with Crippen molar-refractivity contribution >= 4 is 27.7 Å². The molecule has 6 nitrogen and oxygen atoms in total. The summed E-state index contributed by atoms with van der Waals surface area (Å²) in [6.07, 6.45) is 1.94. The summed E-state index contributed by atoms with van der Waals surface area (Å²) >= 11 is 1.56. The van der Waals surface area contributed by atoms with Gasteiger partial charge in [-0.3, -0.25) is 4.79 Å². The molecule has 0 aliphatic rings. The largest absolute Gasteiger partial charge is 0.333 e. The van der Waals surface area contributed by atoms with Crippen LogP contribution in [0.4, 0.5) is 0 Å². The van der Waals surface area contributed by atoms with E-state index in [1.165, 1.54) is 24.3 Å². The average Bonchev–Trinajstić information content (AvgIpc) is 2.59. The highest BCUT2D eigenvalue weighted by molar-refractivity contribution is 7.98. The number of amides is 1. The Kier molecular flexibility index (Phi) is 5.62. The first-order chi connectivity index (χ1) is 11.3. The third-order valence-electron chi connectivity index (χ3n) is 3.30. The number of sulfonamides is 1. The maximum atomic E-state index is 12.2. The molecule has 1 amide bonds. The van der Waals surface area contributed by atoms with Gasteiger partial charge in [0.05, 0.1) is 11.0 Å². The topological polar surface area (TPSA) is 113 Å². The van der Waals surface area contributed by atoms with Gasteiger partial charge in [0.2, 0.25) is 10.0 Å². The number of primary sulfonamides is 1. The summed E-state index contributed by atoms with van der Waals surface area (Å²) in [6.45, 7) is 0. The van der Waals surface area contributed by atoms with Crippen molar-refractivity contribution in [3.63, 3.8) is 0 Å². The summed E-state index contributed by atoms with van der Waals surface area (Å²) in [4.78, 5) is 13.2. The van der Waals surface area contributed by atoms with Gasteiger partial charge in [0, 0.05) is 10.5 Å². The minimum atomic E-state index is -3.80. The third kappa shape index (κ3) is 4.35. The lowest BCUT2D eigenvalue weighted by Crippen LogP contribution is -2.27. The number of nitrogens with two attached hydrogens (primary N) is 1. The van der Waals surface area contributed by atoms with Gasteiger partial charge < -0.3 is 5.32 Å². The molecule has 124 valence electrons. The summed E-state index contributed by atoms with van der Waals surface area (Å²) in [5, 5.41) is 16.9. The van der Waals surface area contributed by atoms with Crippen LogP contribution in [0, 0.1) is 11.3 Å². The van der Waals surface area contributed by atoms with Crippen molar-refractivity contribution in [2.24, 2.45) is 5.14 Å². The molecule has 2 aromatic rings. The van der Waals surface area contributed by atoms with Crippen LogP contribution in [0.1, 0.15) is 22.0 Å². The molecule has 0 aromatic heterocycles. The molecule has 0 bridgehead atoms. The van der Waals surface area contributed by atoms with Crippen molar-refractivity contribution in [1.82, 2.24) is 5.32 Å². The number of nitrogens with zero attached hydrogens (tertiary/aromatic N) is 1. The van der Waals surface area contributed by atoms with Crippen molar-refractivity contribution in [3.05, 3.63) is 59.7 Å². The van der Waals surface area contributed by atoms with Crippen molar-refractivity contribution in [2.45, 2.75) is 15.8 Å². The molecule has 0 radical (unpaired) electrons. The second-order valence-electron chi connectivity index (χ2n) is 4.88. The second-order valence-corrected chi connectivity index (χ2v) is 7.32. The molecule has 2 rings (SSSR count). The fraction of sp³-hybridized carbons (Fsp3) is 0.125. The highest BCUT2D eigenvalue weighted by Crippen LogP contribution is 2.18. The first kappa shape index (κ1) is 18.0. The van der Waals surface area contributed by atoms with Crippen LogP contribution < -0.4 is 10.5 Å². The highest BCUT2D eigenvalue weighted by Gasteiger charge is 2.16. The molecule has 0 heterocycles. The van der Waals surface area contributed by atoms with Crippen LogP contribution in [-0.2, 0) is 10.0 Å². The average molecular weight is 361 g/mol. The summed E-state index contributed by atoms with van der Waals surface area (Å²) in [6, 6.07) is 13.6. The van der Waals surface area contributed by atoms with E-state index in [1.54, 1.807) is 23.9 Å². The zero-order valence-electron chi connectivity index (χ0n) is 12.8. The lowest BCUT2D eigenvalue weighted by atomic mass is 10.1. The Labute approximate surface area is 144 Å². The van der Waals surface area contributed by atoms with E-state index in [1.807, 2.05) is 24.5 Å². The number of hydrogen-bond donors (Lipinski definition) is 2. The number of hydrogen-bond acceptors (Lipinski definition) is 5. The predicted octanol–water partition coefficient (Wildman–Crippen LogP) is 2.05. The Balaban J connectivity index is 2.16. The first-order valence-corrected chi connectivity index (χ1v) is 9.59. The Morgan fingerprint density at radius 3 is 2.21 bits per heavy atom. The molecule has 8 heteroatoms. The molecule has 0 saturated carbocycles. The zero-order chi connectivity index (χ0) is 17.7. The van der Waals surface area contributed by atoms with Crippen molar-refractivity contribution in [1.29, 1.82) is 5.26 Å². The number of nitrogens with one attached hydrogen (secondary N) is 1. The standard InChI is InChI=1S/C16H15N3O3S2/c1-23-13-6-2-12(3-7-13)16(20)19-15(10-17)11-4-8-14(9-5-11)24(18,21)22/h2-9,15H,1H3,(H,19,20)(H2,18,21,22). The van der Waals surface area contributed by atoms with E-state index in [-0.39, 0.29) is 10.8 Å². The molecule has 2 aromatic carbocycles. The van der Waals surface area contributed by atoms with Crippen molar-refractivity contribution in [3.8, 4) is 6.07 Å². The van der Waals surface area contributed by atoms with Gasteiger partial charge in [0.15, 0.2) is 0 Å². The quantitative estimate of drug-likeness (QED) is 0.791.